The smallest absolute Gasteiger partial charge is 0.150 e. The summed E-state index contributed by atoms with van der Waals surface area (Å²) in [6, 6.07) is 17.4. The van der Waals surface area contributed by atoms with E-state index in [2.05, 4.69) is 64.2 Å². The first kappa shape index (κ1) is 24.3. The number of benzene rings is 2. The van der Waals surface area contributed by atoms with Gasteiger partial charge in [0, 0.05) is 69.1 Å². The van der Waals surface area contributed by atoms with E-state index >= 15 is 0 Å². The summed E-state index contributed by atoms with van der Waals surface area (Å²) in [6.45, 7) is 6.68. The van der Waals surface area contributed by atoms with E-state index in [0.29, 0.717) is 6.61 Å². The van der Waals surface area contributed by atoms with Gasteiger partial charge in [0.05, 0.1) is 11.2 Å². The minimum Gasteiger partial charge on any atom is -0.490 e. The van der Waals surface area contributed by atoms with E-state index in [0.717, 1.165) is 76.1 Å². The molecule has 2 atom stereocenters. The number of piperazine rings is 1. The highest BCUT2D eigenvalue weighted by atomic mass is 16.5. The number of fused-ring (bicyclic) bond motifs is 1. The van der Waals surface area contributed by atoms with E-state index in [9.17, 15) is 4.79 Å². The summed E-state index contributed by atoms with van der Waals surface area (Å²) in [5, 5.41) is 1.18. The Kier molecular flexibility index (Phi) is 7.09. The number of nitrogens with zero attached hydrogens (tertiary/aromatic N) is 4. The van der Waals surface area contributed by atoms with Gasteiger partial charge in [-0.2, -0.15) is 0 Å². The first-order valence-electron chi connectivity index (χ1n) is 13.6. The van der Waals surface area contributed by atoms with Crippen molar-refractivity contribution in [1.82, 2.24) is 14.8 Å². The second-order valence-corrected chi connectivity index (χ2v) is 10.5. The molecule has 0 N–H and O–H groups in total. The van der Waals surface area contributed by atoms with Crippen molar-refractivity contribution in [2.24, 2.45) is 0 Å². The molecule has 0 spiro atoms. The maximum Gasteiger partial charge on any atom is 0.150 e. The quantitative estimate of drug-likeness (QED) is 0.477. The molecule has 0 saturated carbocycles. The maximum absolute atomic E-state index is 11.3. The first-order chi connectivity index (χ1) is 18.2. The third-order valence-corrected chi connectivity index (χ3v) is 8.22. The zero-order chi connectivity index (χ0) is 25.2. The van der Waals surface area contributed by atoms with Gasteiger partial charge in [-0.05, 0) is 50.1 Å². The third kappa shape index (κ3) is 5.08. The lowest BCUT2D eigenvalue weighted by atomic mass is 9.99. The Morgan fingerprint density at radius 3 is 2.49 bits per heavy atom. The Labute approximate surface area is 219 Å². The van der Waals surface area contributed by atoms with Gasteiger partial charge in [-0.1, -0.05) is 30.3 Å². The number of anilines is 1. The molecule has 1 unspecified atom stereocenters. The van der Waals surface area contributed by atoms with Crippen LogP contribution in [0.4, 0.5) is 5.69 Å². The molecule has 6 rings (SSSR count). The van der Waals surface area contributed by atoms with E-state index in [1.54, 1.807) is 0 Å². The van der Waals surface area contributed by atoms with Crippen LogP contribution in [0, 0.1) is 0 Å². The van der Waals surface area contributed by atoms with E-state index in [1.165, 1.54) is 22.2 Å². The molecule has 7 heteroatoms. The van der Waals surface area contributed by atoms with E-state index in [4.69, 9.17) is 14.5 Å². The Bertz CT molecular complexity index is 1220. The second-order valence-electron chi connectivity index (χ2n) is 10.5. The molecule has 3 aliphatic rings. The van der Waals surface area contributed by atoms with Gasteiger partial charge >= 0.3 is 0 Å². The van der Waals surface area contributed by atoms with Crippen molar-refractivity contribution in [2.75, 3.05) is 57.8 Å². The molecule has 37 heavy (non-hydrogen) atoms. The Hall–Kier alpha value is -3.00. The van der Waals surface area contributed by atoms with Crippen molar-refractivity contribution in [3.63, 3.8) is 0 Å². The van der Waals surface area contributed by atoms with Crippen LogP contribution < -0.4 is 9.64 Å². The number of hydrogen-bond acceptors (Lipinski definition) is 7. The summed E-state index contributed by atoms with van der Waals surface area (Å²) in [6.07, 6.45) is 5.66. The SMILES string of the molecule is CN1CCN(c2c(-c3ccc(OC4CCN(C5CCO[C@H]5C=O)CC4)cc3)ccc3cccnc23)CC1. The summed E-state index contributed by atoms with van der Waals surface area (Å²) < 4.78 is 11.9. The van der Waals surface area contributed by atoms with Gasteiger partial charge in [-0.3, -0.25) is 9.88 Å². The summed E-state index contributed by atoms with van der Waals surface area (Å²) >= 11 is 0. The van der Waals surface area contributed by atoms with E-state index in [-0.39, 0.29) is 18.2 Å². The van der Waals surface area contributed by atoms with E-state index in [1.807, 2.05) is 12.3 Å². The second kappa shape index (κ2) is 10.8. The molecule has 7 nitrogen and oxygen atoms in total. The molecule has 194 valence electrons. The number of carbonyl (C=O) groups excluding carboxylic acids is 1. The maximum atomic E-state index is 11.3. The number of likely N-dealkylation sites (tertiary alicyclic amines) is 1. The molecular formula is C30H36N4O3. The number of aldehydes is 1. The first-order valence-corrected chi connectivity index (χ1v) is 13.6. The number of carbonyl (C=O) groups is 1. The Balaban J connectivity index is 1.17. The van der Waals surface area contributed by atoms with Crippen molar-refractivity contribution in [1.29, 1.82) is 0 Å². The van der Waals surface area contributed by atoms with Gasteiger partial charge in [0.15, 0.2) is 0 Å². The molecule has 3 aromatic rings. The van der Waals surface area contributed by atoms with Crippen molar-refractivity contribution >= 4 is 22.9 Å². The van der Waals surface area contributed by atoms with Crippen LogP contribution in [0.5, 0.6) is 5.75 Å². The average Bonchev–Trinajstić information content (AvgIpc) is 3.43. The lowest BCUT2D eigenvalue weighted by Gasteiger charge is -2.36. The average molecular weight is 501 g/mol. The molecule has 2 aromatic carbocycles. The molecular weight excluding hydrogens is 464 g/mol. The van der Waals surface area contributed by atoms with Crippen molar-refractivity contribution in [3.8, 4) is 16.9 Å². The highest BCUT2D eigenvalue weighted by Crippen LogP contribution is 2.38. The van der Waals surface area contributed by atoms with Gasteiger partial charge in [0.25, 0.3) is 0 Å². The predicted molar refractivity (Wildman–Crippen MR) is 146 cm³/mol. The lowest BCUT2D eigenvalue weighted by Crippen LogP contribution is -2.47. The molecule has 3 aliphatic heterocycles. The van der Waals surface area contributed by atoms with Crippen LogP contribution in [0.25, 0.3) is 22.0 Å². The van der Waals surface area contributed by atoms with Crippen molar-refractivity contribution in [3.05, 3.63) is 54.7 Å². The zero-order valence-corrected chi connectivity index (χ0v) is 21.6. The molecule has 3 saturated heterocycles. The standard InChI is InChI=1S/C30H36N4O3/c1-32-16-18-34(19-17-32)30-26(9-6-23-3-2-13-31-29(23)30)22-4-7-24(8-5-22)37-25-10-14-33(15-11-25)27-12-20-36-28(27)21-35/h2-9,13,21,25,27-28H,10-12,14-20H2,1H3/t27?,28-/m0/s1. The van der Waals surface area contributed by atoms with Crippen LogP contribution >= 0.6 is 0 Å². The summed E-state index contributed by atoms with van der Waals surface area (Å²) in [5.74, 6) is 0.914. The van der Waals surface area contributed by atoms with Gasteiger partial charge in [0.1, 0.15) is 24.2 Å². The lowest BCUT2D eigenvalue weighted by molar-refractivity contribution is -0.118. The normalized spacial score (nSPS) is 24.0. The number of hydrogen-bond donors (Lipinski definition) is 0. The van der Waals surface area contributed by atoms with Crippen LogP contribution in [0.1, 0.15) is 19.3 Å². The minimum absolute atomic E-state index is 0.199. The number of rotatable bonds is 6. The number of pyridine rings is 1. The number of ether oxygens (including phenoxy) is 2. The number of aromatic nitrogens is 1. The molecule has 0 radical (unpaired) electrons. The van der Waals surface area contributed by atoms with Crippen LogP contribution in [0.3, 0.4) is 0 Å². The van der Waals surface area contributed by atoms with Gasteiger partial charge in [0.2, 0.25) is 0 Å². The molecule has 0 aliphatic carbocycles. The fourth-order valence-corrected chi connectivity index (χ4v) is 6.06. The minimum atomic E-state index is -0.272. The van der Waals surface area contributed by atoms with Crippen LogP contribution in [0.2, 0.25) is 0 Å². The van der Waals surface area contributed by atoms with Gasteiger partial charge < -0.3 is 24.1 Å². The molecule has 3 fully saturated rings. The Morgan fingerprint density at radius 2 is 1.73 bits per heavy atom. The summed E-state index contributed by atoms with van der Waals surface area (Å²) in [5.41, 5.74) is 4.71. The Morgan fingerprint density at radius 1 is 0.946 bits per heavy atom. The summed E-state index contributed by atoms with van der Waals surface area (Å²) in [7, 11) is 2.19. The molecule has 0 amide bonds. The number of likely N-dealkylation sites (N-methyl/N-ethyl adjacent to an activating group) is 1. The van der Waals surface area contributed by atoms with Crippen LogP contribution in [0.15, 0.2) is 54.7 Å². The number of piperidine rings is 1. The molecule has 1 aromatic heterocycles. The largest absolute Gasteiger partial charge is 0.490 e. The topological polar surface area (TPSA) is 58.1 Å². The van der Waals surface area contributed by atoms with E-state index < -0.39 is 0 Å². The van der Waals surface area contributed by atoms with Crippen LogP contribution in [-0.2, 0) is 9.53 Å². The third-order valence-electron chi connectivity index (χ3n) is 8.22. The van der Waals surface area contributed by atoms with Crippen molar-refractivity contribution < 1.29 is 14.3 Å². The molecule has 0 bridgehead atoms. The van der Waals surface area contributed by atoms with Crippen LogP contribution in [-0.4, -0.2) is 92.2 Å². The van der Waals surface area contributed by atoms with Gasteiger partial charge in [-0.25, -0.2) is 0 Å². The fraction of sp³-hybridized carbons (Fsp3) is 0.467. The van der Waals surface area contributed by atoms with Gasteiger partial charge in [-0.15, -0.1) is 0 Å². The highest BCUT2D eigenvalue weighted by Gasteiger charge is 2.35. The summed E-state index contributed by atoms with van der Waals surface area (Å²) in [4.78, 5) is 23.4. The van der Waals surface area contributed by atoms with Crippen molar-refractivity contribution in [2.45, 2.75) is 37.5 Å². The zero-order valence-electron chi connectivity index (χ0n) is 21.6. The fourth-order valence-electron chi connectivity index (χ4n) is 6.06. The monoisotopic (exact) mass is 500 g/mol. The highest BCUT2D eigenvalue weighted by molar-refractivity contribution is 5.99. The predicted octanol–water partition coefficient (Wildman–Crippen LogP) is 3.85. The molecule has 4 heterocycles.